The van der Waals surface area contributed by atoms with Crippen molar-refractivity contribution in [3.8, 4) is 5.75 Å². The standard InChI is InChI=1S/C13H16N4O2/c1-17-9-10(8-16-17)13(18)15-5-6-19-12-4-2-3-11(14)7-12/h2-4,7-9H,5-6,14H2,1H3,(H,15,18). The topological polar surface area (TPSA) is 82.2 Å². The normalized spacial score (nSPS) is 10.2. The summed E-state index contributed by atoms with van der Waals surface area (Å²) in [5.41, 5.74) is 6.81. The van der Waals surface area contributed by atoms with Gasteiger partial charge in [-0.05, 0) is 12.1 Å². The lowest BCUT2D eigenvalue weighted by Crippen LogP contribution is -2.27. The zero-order valence-electron chi connectivity index (χ0n) is 10.7. The van der Waals surface area contributed by atoms with Crippen molar-refractivity contribution in [2.75, 3.05) is 18.9 Å². The van der Waals surface area contributed by atoms with Crippen molar-refractivity contribution in [2.45, 2.75) is 0 Å². The van der Waals surface area contributed by atoms with Gasteiger partial charge in [0.25, 0.3) is 5.91 Å². The monoisotopic (exact) mass is 260 g/mol. The Bertz CT molecular complexity index is 565. The highest BCUT2D eigenvalue weighted by Gasteiger charge is 2.06. The summed E-state index contributed by atoms with van der Waals surface area (Å²) in [5.74, 6) is 0.528. The zero-order chi connectivity index (χ0) is 13.7. The molecule has 6 nitrogen and oxygen atoms in total. The van der Waals surface area contributed by atoms with Crippen LogP contribution >= 0.6 is 0 Å². The predicted molar refractivity (Wildman–Crippen MR) is 71.9 cm³/mol. The van der Waals surface area contributed by atoms with E-state index >= 15 is 0 Å². The van der Waals surface area contributed by atoms with Crippen molar-refractivity contribution in [3.05, 3.63) is 42.2 Å². The number of ether oxygens (including phenoxy) is 1. The van der Waals surface area contributed by atoms with Crippen molar-refractivity contribution in [1.82, 2.24) is 15.1 Å². The minimum atomic E-state index is -0.163. The zero-order valence-corrected chi connectivity index (χ0v) is 10.7. The minimum Gasteiger partial charge on any atom is -0.492 e. The van der Waals surface area contributed by atoms with E-state index in [0.29, 0.717) is 30.2 Å². The number of aryl methyl sites for hydroxylation is 1. The van der Waals surface area contributed by atoms with E-state index in [2.05, 4.69) is 10.4 Å². The van der Waals surface area contributed by atoms with Crippen LogP contribution in [-0.4, -0.2) is 28.8 Å². The lowest BCUT2D eigenvalue weighted by Gasteiger charge is -2.07. The molecule has 0 atom stereocenters. The van der Waals surface area contributed by atoms with Gasteiger partial charge in [-0.2, -0.15) is 5.10 Å². The van der Waals surface area contributed by atoms with Gasteiger partial charge in [-0.3, -0.25) is 9.48 Å². The molecule has 3 N–H and O–H groups in total. The van der Waals surface area contributed by atoms with E-state index in [-0.39, 0.29) is 5.91 Å². The second-order valence-corrected chi connectivity index (χ2v) is 4.08. The number of nitrogen functional groups attached to an aromatic ring is 1. The highest BCUT2D eigenvalue weighted by atomic mass is 16.5. The van der Waals surface area contributed by atoms with E-state index < -0.39 is 0 Å². The van der Waals surface area contributed by atoms with Crippen LogP contribution in [0.15, 0.2) is 36.7 Å². The SMILES string of the molecule is Cn1cc(C(=O)NCCOc2cccc(N)c2)cn1. The van der Waals surface area contributed by atoms with Crippen LogP contribution in [0.5, 0.6) is 5.75 Å². The number of benzene rings is 1. The van der Waals surface area contributed by atoms with E-state index in [1.807, 2.05) is 12.1 Å². The molecular formula is C13H16N4O2. The third-order valence-electron chi connectivity index (χ3n) is 2.48. The van der Waals surface area contributed by atoms with Crippen LogP contribution in [0.25, 0.3) is 0 Å². The summed E-state index contributed by atoms with van der Waals surface area (Å²) < 4.78 is 7.04. The summed E-state index contributed by atoms with van der Waals surface area (Å²) >= 11 is 0. The number of rotatable bonds is 5. The van der Waals surface area contributed by atoms with Gasteiger partial charge in [0.05, 0.1) is 18.3 Å². The maximum atomic E-state index is 11.7. The molecule has 0 fully saturated rings. The number of aromatic nitrogens is 2. The molecule has 1 heterocycles. The molecule has 1 aromatic carbocycles. The van der Waals surface area contributed by atoms with Crippen LogP contribution in [0, 0.1) is 0 Å². The summed E-state index contributed by atoms with van der Waals surface area (Å²) in [4.78, 5) is 11.7. The molecule has 1 amide bonds. The van der Waals surface area contributed by atoms with Gasteiger partial charge in [-0.25, -0.2) is 0 Å². The Morgan fingerprint density at radius 3 is 3.05 bits per heavy atom. The Hall–Kier alpha value is -2.50. The van der Waals surface area contributed by atoms with Gasteiger partial charge < -0.3 is 15.8 Å². The van der Waals surface area contributed by atoms with Crippen molar-refractivity contribution in [3.63, 3.8) is 0 Å². The number of amides is 1. The van der Waals surface area contributed by atoms with E-state index in [9.17, 15) is 4.79 Å². The van der Waals surface area contributed by atoms with Gasteiger partial charge in [-0.15, -0.1) is 0 Å². The van der Waals surface area contributed by atoms with E-state index in [1.165, 1.54) is 6.20 Å². The molecule has 0 aliphatic heterocycles. The molecule has 0 bridgehead atoms. The first kappa shape index (κ1) is 12.9. The smallest absolute Gasteiger partial charge is 0.254 e. The van der Waals surface area contributed by atoms with Crippen LogP contribution in [0.2, 0.25) is 0 Å². The van der Waals surface area contributed by atoms with Gasteiger partial charge in [0, 0.05) is 25.0 Å². The number of carbonyl (C=O) groups is 1. The second kappa shape index (κ2) is 5.90. The number of nitrogens with one attached hydrogen (secondary N) is 1. The number of hydrogen-bond donors (Lipinski definition) is 2. The number of nitrogens with zero attached hydrogens (tertiary/aromatic N) is 2. The molecule has 1 aromatic heterocycles. The first-order valence-electron chi connectivity index (χ1n) is 5.90. The molecule has 0 aliphatic rings. The van der Waals surface area contributed by atoms with Crippen LogP contribution in [0.3, 0.4) is 0 Å². The highest BCUT2D eigenvalue weighted by molar-refractivity contribution is 5.93. The fourth-order valence-corrected chi connectivity index (χ4v) is 1.58. The number of carbonyl (C=O) groups excluding carboxylic acids is 1. The maximum Gasteiger partial charge on any atom is 0.254 e. The van der Waals surface area contributed by atoms with Gasteiger partial charge in [0.1, 0.15) is 12.4 Å². The average Bonchev–Trinajstić information content (AvgIpc) is 2.81. The van der Waals surface area contributed by atoms with Crippen molar-refractivity contribution >= 4 is 11.6 Å². The molecular weight excluding hydrogens is 244 g/mol. The molecule has 0 saturated carbocycles. The molecule has 0 unspecified atom stereocenters. The van der Waals surface area contributed by atoms with Crippen molar-refractivity contribution in [1.29, 1.82) is 0 Å². The second-order valence-electron chi connectivity index (χ2n) is 4.08. The number of hydrogen-bond acceptors (Lipinski definition) is 4. The quantitative estimate of drug-likeness (QED) is 0.615. The summed E-state index contributed by atoms with van der Waals surface area (Å²) in [6.07, 6.45) is 3.18. The Morgan fingerprint density at radius 2 is 2.37 bits per heavy atom. The third kappa shape index (κ3) is 3.74. The summed E-state index contributed by atoms with van der Waals surface area (Å²) in [7, 11) is 1.76. The maximum absolute atomic E-state index is 11.7. The molecule has 2 rings (SSSR count). The summed E-state index contributed by atoms with van der Waals surface area (Å²) in [5, 5.41) is 6.68. The van der Waals surface area contributed by atoms with Crippen molar-refractivity contribution < 1.29 is 9.53 Å². The van der Waals surface area contributed by atoms with Crippen LogP contribution in [0.1, 0.15) is 10.4 Å². The molecule has 0 radical (unpaired) electrons. The van der Waals surface area contributed by atoms with Crippen molar-refractivity contribution in [2.24, 2.45) is 7.05 Å². The third-order valence-corrected chi connectivity index (χ3v) is 2.48. The fourth-order valence-electron chi connectivity index (χ4n) is 1.58. The van der Waals surface area contributed by atoms with Crippen LogP contribution in [-0.2, 0) is 7.05 Å². The van der Waals surface area contributed by atoms with Crippen LogP contribution in [0.4, 0.5) is 5.69 Å². The average molecular weight is 260 g/mol. The Balaban J connectivity index is 1.74. The molecule has 19 heavy (non-hydrogen) atoms. The van der Waals surface area contributed by atoms with E-state index in [4.69, 9.17) is 10.5 Å². The first-order valence-corrected chi connectivity index (χ1v) is 5.90. The molecule has 0 saturated heterocycles. The number of anilines is 1. The van der Waals surface area contributed by atoms with Gasteiger partial charge in [0.2, 0.25) is 0 Å². The molecule has 2 aromatic rings. The van der Waals surface area contributed by atoms with E-state index in [0.717, 1.165) is 0 Å². The highest BCUT2D eigenvalue weighted by Crippen LogP contribution is 2.13. The summed E-state index contributed by atoms with van der Waals surface area (Å²) in [6.45, 7) is 0.804. The Kier molecular flexibility index (Phi) is 4.02. The van der Waals surface area contributed by atoms with E-state index in [1.54, 1.807) is 30.1 Å². The minimum absolute atomic E-state index is 0.163. The largest absolute Gasteiger partial charge is 0.492 e. The lowest BCUT2D eigenvalue weighted by atomic mass is 10.3. The Morgan fingerprint density at radius 1 is 1.53 bits per heavy atom. The molecule has 100 valence electrons. The van der Waals surface area contributed by atoms with Crippen LogP contribution < -0.4 is 15.8 Å². The lowest BCUT2D eigenvalue weighted by molar-refractivity contribution is 0.0947. The molecule has 0 spiro atoms. The predicted octanol–water partition coefficient (Wildman–Crippen LogP) is 0.811. The molecule has 6 heteroatoms. The van der Waals surface area contributed by atoms with Gasteiger partial charge in [0.15, 0.2) is 0 Å². The first-order chi connectivity index (χ1) is 9.15. The molecule has 0 aliphatic carbocycles. The Labute approximate surface area is 111 Å². The number of nitrogens with two attached hydrogens (primary N) is 1. The van der Waals surface area contributed by atoms with Gasteiger partial charge >= 0.3 is 0 Å². The summed E-state index contributed by atoms with van der Waals surface area (Å²) in [6, 6.07) is 7.16. The van der Waals surface area contributed by atoms with Gasteiger partial charge in [-0.1, -0.05) is 6.07 Å². The fraction of sp³-hybridized carbons (Fsp3) is 0.231.